The van der Waals surface area contributed by atoms with Crippen molar-refractivity contribution in [3.05, 3.63) is 78.4 Å². The standard InChI is InChI=1S/C23H22N4O3S2/c1-15-7-11-18(12-8-15)27-21-6-4-3-5-20(21)26-23(27)31-16(2)22(28)25-17-9-13-19(14-10-17)32(24,29)30/h3-14,16H,1-2H3,(H,25,28)(H2,24,29,30)/t16-/m1/s1. The Morgan fingerprint density at radius 3 is 2.34 bits per heavy atom. The predicted octanol–water partition coefficient (Wildman–Crippen LogP) is 4.10. The summed E-state index contributed by atoms with van der Waals surface area (Å²) in [6.07, 6.45) is 0. The minimum Gasteiger partial charge on any atom is -0.325 e. The molecule has 0 fully saturated rings. The molecule has 3 aromatic carbocycles. The van der Waals surface area contributed by atoms with E-state index in [-0.39, 0.29) is 10.8 Å². The smallest absolute Gasteiger partial charge is 0.238 e. The number of imidazole rings is 1. The number of carbonyl (C=O) groups is 1. The van der Waals surface area contributed by atoms with Gasteiger partial charge in [0.05, 0.1) is 21.2 Å². The molecule has 0 saturated carbocycles. The highest BCUT2D eigenvalue weighted by atomic mass is 32.2. The van der Waals surface area contributed by atoms with Crippen LogP contribution in [0.4, 0.5) is 5.69 Å². The van der Waals surface area contributed by atoms with E-state index in [1.807, 2.05) is 60.0 Å². The quantitative estimate of drug-likeness (QED) is 0.416. The van der Waals surface area contributed by atoms with Gasteiger partial charge >= 0.3 is 0 Å². The third-order valence-corrected chi connectivity index (χ3v) is 6.91. The first kappa shape index (κ1) is 22.1. The lowest BCUT2D eigenvalue weighted by molar-refractivity contribution is -0.115. The van der Waals surface area contributed by atoms with E-state index in [0.717, 1.165) is 22.3 Å². The van der Waals surface area contributed by atoms with Crippen LogP contribution in [0.3, 0.4) is 0 Å². The van der Waals surface area contributed by atoms with E-state index in [9.17, 15) is 13.2 Å². The van der Waals surface area contributed by atoms with E-state index in [2.05, 4.69) is 5.32 Å². The van der Waals surface area contributed by atoms with Crippen molar-refractivity contribution in [2.24, 2.45) is 5.14 Å². The van der Waals surface area contributed by atoms with Crippen LogP contribution >= 0.6 is 11.8 Å². The zero-order chi connectivity index (χ0) is 22.9. The molecule has 0 saturated heterocycles. The van der Waals surface area contributed by atoms with Gasteiger partial charge in [-0.1, -0.05) is 41.6 Å². The van der Waals surface area contributed by atoms with Crippen LogP contribution in [0.15, 0.2) is 82.8 Å². The Kier molecular flexibility index (Phi) is 6.05. The Morgan fingerprint density at radius 2 is 1.69 bits per heavy atom. The van der Waals surface area contributed by atoms with Gasteiger partial charge in [0.2, 0.25) is 15.9 Å². The lowest BCUT2D eigenvalue weighted by Gasteiger charge is -2.14. The second kappa shape index (κ2) is 8.78. The highest BCUT2D eigenvalue weighted by Crippen LogP contribution is 2.31. The zero-order valence-corrected chi connectivity index (χ0v) is 19.2. The molecule has 4 rings (SSSR count). The summed E-state index contributed by atoms with van der Waals surface area (Å²) >= 11 is 1.35. The molecule has 4 aromatic rings. The number of nitrogens with zero attached hydrogens (tertiary/aromatic N) is 2. The molecule has 1 aromatic heterocycles. The van der Waals surface area contributed by atoms with E-state index in [1.54, 1.807) is 6.92 Å². The third-order valence-electron chi connectivity index (χ3n) is 4.92. The average molecular weight is 467 g/mol. The first-order valence-corrected chi connectivity index (χ1v) is 12.3. The maximum absolute atomic E-state index is 12.8. The van der Waals surface area contributed by atoms with Crippen LogP contribution in [-0.2, 0) is 14.8 Å². The second-order valence-electron chi connectivity index (χ2n) is 7.37. The topological polar surface area (TPSA) is 107 Å². The highest BCUT2D eigenvalue weighted by molar-refractivity contribution is 8.00. The number of primary sulfonamides is 1. The van der Waals surface area contributed by atoms with Gasteiger partial charge in [-0.2, -0.15) is 0 Å². The van der Waals surface area contributed by atoms with Gasteiger partial charge in [-0.15, -0.1) is 0 Å². The summed E-state index contributed by atoms with van der Waals surface area (Å²) in [5.74, 6) is -0.221. The highest BCUT2D eigenvalue weighted by Gasteiger charge is 2.20. The number of nitrogens with one attached hydrogen (secondary N) is 1. The van der Waals surface area contributed by atoms with Gasteiger partial charge in [-0.25, -0.2) is 18.5 Å². The molecule has 0 radical (unpaired) electrons. The number of hydrogen-bond donors (Lipinski definition) is 2. The number of sulfonamides is 1. The number of para-hydroxylation sites is 2. The van der Waals surface area contributed by atoms with E-state index < -0.39 is 15.3 Å². The molecule has 0 aliphatic rings. The molecule has 1 heterocycles. The van der Waals surface area contributed by atoms with Crippen LogP contribution in [0.2, 0.25) is 0 Å². The molecular weight excluding hydrogens is 444 g/mol. The van der Waals surface area contributed by atoms with Crippen LogP contribution in [0.1, 0.15) is 12.5 Å². The van der Waals surface area contributed by atoms with Crippen molar-refractivity contribution >= 4 is 44.4 Å². The lowest BCUT2D eigenvalue weighted by Crippen LogP contribution is -2.23. The maximum Gasteiger partial charge on any atom is 0.238 e. The van der Waals surface area contributed by atoms with E-state index in [1.165, 1.54) is 36.0 Å². The number of thioether (sulfide) groups is 1. The number of fused-ring (bicyclic) bond motifs is 1. The number of nitrogens with two attached hydrogens (primary N) is 1. The molecule has 3 N–H and O–H groups in total. The van der Waals surface area contributed by atoms with Gasteiger partial charge in [-0.3, -0.25) is 9.36 Å². The Balaban J connectivity index is 1.58. The number of benzene rings is 3. The molecule has 0 aliphatic carbocycles. The summed E-state index contributed by atoms with van der Waals surface area (Å²) in [6, 6.07) is 21.7. The van der Waals surface area contributed by atoms with Gasteiger partial charge in [0.15, 0.2) is 5.16 Å². The number of carbonyl (C=O) groups excluding carboxylic acids is 1. The monoisotopic (exact) mass is 466 g/mol. The number of hydrogen-bond acceptors (Lipinski definition) is 5. The largest absolute Gasteiger partial charge is 0.325 e. The van der Waals surface area contributed by atoms with Crippen molar-refractivity contribution in [3.8, 4) is 5.69 Å². The molecule has 7 nitrogen and oxygen atoms in total. The fraction of sp³-hybridized carbons (Fsp3) is 0.130. The minimum absolute atomic E-state index is 0.00950. The summed E-state index contributed by atoms with van der Waals surface area (Å²) in [6.45, 7) is 3.84. The van der Waals surface area contributed by atoms with Crippen LogP contribution in [0, 0.1) is 6.92 Å². The molecular formula is C23H22N4O3S2. The maximum atomic E-state index is 12.8. The van der Waals surface area contributed by atoms with Crippen molar-refractivity contribution < 1.29 is 13.2 Å². The average Bonchev–Trinajstić information content (AvgIpc) is 3.12. The van der Waals surface area contributed by atoms with Gasteiger partial charge in [0, 0.05) is 11.4 Å². The van der Waals surface area contributed by atoms with Gasteiger partial charge in [0.1, 0.15) is 0 Å². The predicted molar refractivity (Wildman–Crippen MR) is 128 cm³/mol. The molecule has 1 amide bonds. The number of amides is 1. The fourth-order valence-corrected chi connectivity index (χ4v) is 4.67. The summed E-state index contributed by atoms with van der Waals surface area (Å²) < 4.78 is 24.8. The second-order valence-corrected chi connectivity index (χ2v) is 10.2. The SMILES string of the molecule is Cc1ccc(-n2c(S[C@H](C)C(=O)Nc3ccc(S(N)(=O)=O)cc3)nc3ccccc32)cc1. The number of aryl methyl sites for hydroxylation is 1. The van der Waals surface area contributed by atoms with Crippen LogP contribution in [0.5, 0.6) is 0 Å². The normalized spacial score (nSPS) is 12.6. The van der Waals surface area contributed by atoms with Crippen molar-refractivity contribution in [1.82, 2.24) is 9.55 Å². The Hall–Kier alpha value is -3.14. The Labute approximate surface area is 190 Å². The minimum atomic E-state index is -3.78. The van der Waals surface area contributed by atoms with Gasteiger partial charge < -0.3 is 5.32 Å². The summed E-state index contributed by atoms with van der Waals surface area (Å²) in [7, 11) is -3.78. The Bertz CT molecular complexity index is 1380. The zero-order valence-electron chi connectivity index (χ0n) is 17.5. The molecule has 1 atom stereocenters. The molecule has 0 bridgehead atoms. The van der Waals surface area contributed by atoms with E-state index in [0.29, 0.717) is 10.8 Å². The van der Waals surface area contributed by atoms with Crippen molar-refractivity contribution in [3.63, 3.8) is 0 Å². The van der Waals surface area contributed by atoms with Crippen LogP contribution in [-0.4, -0.2) is 29.1 Å². The van der Waals surface area contributed by atoms with Crippen molar-refractivity contribution in [2.45, 2.75) is 29.1 Å². The van der Waals surface area contributed by atoms with Crippen LogP contribution in [0.25, 0.3) is 16.7 Å². The van der Waals surface area contributed by atoms with Crippen LogP contribution < -0.4 is 10.5 Å². The number of aromatic nitrogens is 2. The van der Waals surface area contributed by atoms with Crippen molar-refractivity contribution in [2.75, 3.05) is 5.32 Å². The number of anilines is 1. The first-order valence-electron chi connectivity index (χ1n) is 9.87. The summed E-state index contributed by atoms with van der Waals surface area (Å²) in [5.41, 5.74) is 4.43. The van der Waals surface area contributed by atoms with Gasteiger partial charge in [-0.05, 0) is 62.4 Å². The molecule has 9 heteroatoms. The lowest BCUT2D eigenvalue weighted by atomic mass is 10.2. The summed E-state index contributed by atoms with van der Waals surface area (Å²) in [4.78, 5) is 17.5. The van der Waals surface area contributed by atoms with E-state index >= 15 is 0 Å². The molecule has 32 heavy (non-hydrogen) atoms. The summed E-state index contributed by atoms with van der Waals surface area (Å²) in [5, 5.41) is 8.19. The van der Waals surface area contributed by atoms with Crippen molar-refractivity contribution in [1.29, 1.82) is 0 Å². The molecule has 164 valence electrons. The van der Waals surface area contributed by atoms with E-state index in [4.69, 9.17) is 10.1 Å². The van der Waals surface area contributed by atoms with Gasteiger partial charge in [0.25, 0.3) is 0 Å². The molecule has 0 spiro atoms. The fourth-order valence-electron chi connectivity index (χ4n) is 3.21. The molecule has 0 aliphatic heterocycles. The molecule has 0 unspecified atom stereocenters. The Morgan fingerprint density at radius 1 is 1.03 bits per heavy atom. The number of rotatable bonds is 6. The third kappa shape index (κ3) is 4.69. The first-order chi connectivity index (χ1) is 15.2.